The Labute approximate surface area is 123 Å². The standard InChI is InChI=1S/C12H19N3O5S/c1-14-9-11(8-13-14)21(18,19)15-5-2-10(3-6-15)20-7-4-12(16)17/h8-10H,2-7H2,1H3,(H,16,17). The number of carbonyl (C=O) groups is 1. The van der Waals surface area contributed by atoms with Crippen LogP contribution < -0.4 is 0 Å². The summed E-state index contributed by atoms with van der Waals surface area (Å²) in [6.07, 6.45) is 3.84. The molecule has 9 heteroatoms. The molecule has 0 atom stereocenters. The molecule has 2 heterocycles. The van der Waals surface area contributed by atoms with Gasteiger partial charge in [-0.05, 0) is 12.8 Å². The molecular formula is C12H19N3O5S. The van der Waals surface area contributed by atoms with E-state index in [-0.39, 0.29) is 24.0 Å². The molecule has 1 N–H and O–H groups in total. The quantitative estimate of drug-likeness (QED) is 0.796. The number of rotatable bonds is 6. The number of ether oxygens (including phenoxy) is 1. The van der Waals surface area contributed by atoms with Crippen LogP contribution in [0.2, 0.25) is 0 Å². The molecule has 8 nitrogen and oxygen atoms in total. The molecule has 1 saturated heterocycles. The molecule has 0 radical (unpaired) electrons. The van der Waals surface area contributed by atoms with E-state index in [4.69, 9.17) is 9.84 Å². The largest absolute Gasteiger partial charge is 0.481 e. The van der Waals surface area contributed by atoms with Crippen LogP contribution in [-0.4, -0.2) is 59.4 Å². The zero-order valence-corrected chi connectivity index (χ0v) is 12.6. The highest BCUT2D eigenvalue weighted by Gasteiger charge is 2.30. The van der Waals surface area contributed by atoms with Gasteiger partial charge in [-0.3, -0.25) is 9.48 Å². The fraction of sp³-hybridized carbons (Fsp3) is 0.667. The predicted molar refractivity (Wildman–Crippen MR) is 73.2 cm³/mol. The number of piperidine rings is 1. The van der Waals surface area contributed by atoms with Crippen molar-refractivity contribution in [1.82, 2.24) is 14.1 Å². The van der Waals surface area contributed by atoms with E-state index < -0.39 is 16.0 Å². The number of aryl methyl sites for hydroxylation is 1. The highest BCUT2D eigenvalue weighted by Crippen LogP contribution is 2.21. The van der Waals surface area contributed by atoms with Gasteiger partial charge in [-0.25, -0.2) is 8.42 Å². The summed E-state index contributed by atoms with van der Waals surface area (Å²) >= 11 is 0. The molecule has 1 aromatic heterocycles. The molecule has 0 saturated carbocycles. The summed E-state index contributed by atoms with van der Waals surface area (Å²) in [6.45, 7) is 0.902. The van der Waals surface area contributed by atoms with Crippen LogP contribution in [-0.2, 0) is 26.6 Å². The molecule has 0 amide bonds. The van der Waals surface area contributed by atoms with E-state index in [0.717, 1.165) is 0 Å². The van der Waals surface area contributed by atoms with E-state index in [1.165, 1.54) is 21.4 Å². The van der Waals surface area contributed by atoms with Crippen LogP contribution in [0.15, 0.2) is 17.3 Å². The van der Waals surface area contributed by atoms with Gasteiger partial charge in [0.15, 0.2) is 0 Å². The molecule has 1 aromatic rings. The van der Waals surface area contributed by atoms with Gasteiger partial charge in [-0.2, -0.15) is 9.40 Å². The van der Waals surface area contributed by atoms with Crippen molar-refractivity contribution in [2.75, 3.05) is 19.7 Å². The molecule has 1 aliphatic rings. The van der Waals surface area contributed by atoms with Gasteiger partial charge in [0.1, 0.15) is 4.90 Å². The van der Waals surface area contributed by atoms with Crippen LogP contribution in [0.5, 0.6) is 0 Å². The van der Waals surface area contributed by atoms with Crippen molar-refractivity contribution >= 4 is 16.0 Å². The monoisotopic (exact) mass is 317 g/mol. The first-order valence-electron chi connectivity index (χ1n) is 6.72. The molecule has 0 aromatic carbocycles. The first-order valence-corrected chi connectivity index (χ1v) is 8.16. The summed E-state index contributed by atoms with van der Waals surface area (Å²) < 4.78 is 33.0. The van der Waals surface area contributed by atoms with Crippen LogP contribution in [0.4, 0.5) is 0 Å². The summed E-state index contributed by atoms with van der Waals surface area (Å²) in [7, 11) is -1.83. The molecule has 0 bridgehead atoms. The number of carboxylic acid groups (broad SMARTS) is 1. The fourth-order valence-electron chi connectivity index (χ4n) is 2.23. The van der Waals surface area contributed by atoms with Gasteiger partial charge >= 0.3 is 5.97 Å². The lowest BCUT2D eigenvalue weighted by molar-refractivity contribution is -0.138. The number of hydrogen-bond donors (Lipinski definition) is 1. The second-order valence-electron chi connectivity index (χ2n) is 4.97. The Hall–Kier alpha value is -1.45. The zero-order valence-electron chi connectivity index (χ0n) is 11.8. The minimum Gasteiger partial charge on any atom is -0.481 e. The smallest absolute Gasteiger partial charge is 0.305 e. The van der Waals surface area contributed by atoms with Crippen molar-refractivity contribution in [2.45, 2.75) is 30.3 Å². The third-order valence-corrected chi connectivity index (χ3v) is 5.24. The summed E-state index contributed by atoms with van der Waals surface area (Å²) in [5.41, 5.74) is 0. The SMILES string of the molecule is Cn1cc(S(=O)(=O)N2CCC(OCCC(=O)O)CC2)cn1. The first-order chi connectivity index (χ1) is 9.89. The summed E-state index contributed by atoms with van der Waals surface area (Å²) in [6, 6.07) is 0. The molecule has 118 valence electrons. The Morgan fingerprint density at radius 2 is 2.14 bits per heavy atom. The van der Waals surface area contributed by atoms with Crippen LogP contribution in [0.3, 0.4) is 0 Å². The van der Waals surface area contributed by atoms with Gasteiger partial charge < -0.3 is 9.84 Å². The van der Waals surface area contributed by atoms with Crippen molar-refractivity contribution in [1.29, 1.82) is 0 Å². The lowest BCUT2D eigenvalue weighted by atomic mass is 10.1. The van der Waals surface area contributed by atoms with E-state index in [1.54, 1.807) is 7.05 Å². The topological polar surface area (TPSA) is 102 Å². The van der Waals surface area contributed by atoms with E-state index in [2.05, 4.69) is 5.10 Å². The number of aromatic nitrogens is 2. The maximum Gasteiger partial charge on any atom is 0.305 e. The molecule has 21 heavy (non-hydrogen) atoms. The Morgan fingerprint density at radius 3 is 2.67 bits per heavy atom. The number of nitrogens with zero attached hydrogens (tertiary/aromatic N) is 3. The van der Waals surface area contributed by atoms with Crippen LogP contribution in [0.1, 0.15) is 19.3 Å². The van der Waals surface area contributed by atoms with Crippen LogP contribution >= 0.6 is 0 Å². The molecule has 1 fully saturated rings. The first kappa shape index (κ1) is 15.9. The van der Waals surface area contributed by atoms with E-state index in [0.29, 0.717) is 25.9 Å². The Bertz CT molecular complexity index is 590. The van der Waals surface area contributed by atoms with Crippen molar-refractivity contribution in [3.63, 3.8) is 0 Å². The Balaban J connectivity index is 1.87. The summed E-state index contributed by atoms with van der Waals surface area (Å²) in [5, 5.41) is 12.4. The third-order valence-electron chi connectivity index (χ3n) is 3.39. The second kappa shape index (κ2) is 6.54. The highest BCUT2D eigenvalue weighted by molar-refractivity contribution is 7.89. The summed E-state index contributed by atoms with van der Waals surface area (Å²) in [5.74, 6) is -0.897. The summed E-state index contributed by atoms with van der Waals surface area (Å²) in [4.78, 5) is 10.6. The van der Waals surface area contributed by atoms with Crippen LogP contribution in [0, 0.1) is 0 Å². The van der Waals surface area contributed by atoms with Gasteiger partial charge in [0.25, 0.3) is 0 Å². The third kappa shape index (κ3) is 4.02. The average molecular weight is 317 g/mol. The van der Waals surface area contributed by atoms with Crippen molar-refractivity contribution in [3.8, 4) is 0 Å². The lowest BCUT2D eigenvalue weighted by Crippen LogP contribution is -2.40. The molecule has 0 unspecified atom stereocenters. The second-order valence-corrected chi connectivity index (χ2v) is 6.91. The molecule has 1 aliphatic heterocycles. The molecule has 2 rings (SSSR count). The van der Waals surface area contributed by atoms with E-state index in [9.17, 15) is 13.2 Å². The maximum atomic E-state index is 12.4. The normalized spacial score (nSPS) is 18.0. The predicted octanol–water partition coefficient (Wildman–Crippen LogP) is 0.0645. The van der Waals surface area contributed by atoms with E-state index in [1.807, 2.05) is 0 Å². The van der Waals surface area contributed by atoms with Crippen molar-refractivity contribution in [3.05, 3.63) is 12.4 Å². The zero-order chi connectivity index (χ0) is 15.5. The minimum absolute atomic E-state index is 0.0335. The van der Waals surface area contributed by atoms with Gasteiger partial charge in [-0.15, -0.1) is 0 Å². The lowest BCUT2D eigenvalue weighted by Gasteiger charge is -2.30. The number of hydrogen-bond acceptors (Lipinski definition) is 5. The van der Waals surface area contributed by atoms with Crippen molar-refractivity contribution < 1.29 is 23.1 Å². The van der Waals surface area contributed by atoms with Crippen LogP contribution in [0.25, 0.3) is 0 Å². The van der Waals surface area contributed by atoms with Gasteiger partial charge in [0.2, 0.25) is 10.0 Å². The van der Waals surface area contributed by atoms with Gasteiger partial charge in [0, 0.05) is 26.3 Å². The molecular weight excluding hydrogens is 298 g/mol. The highest BCUT2D eigenvalue weighted by atomic mass is 32.2. The number of aliphatic carboxylic acids is 1. The van der Waals surface area contributed by atoms with Gasteiger partial charge in [-0.1, -0.05) is 0 Å². The molecule has 0 spiro atoms. The van der Waals surface area contributed by atoms with E-state index >= 15 is 0 Å². The number of carboxylic acids is 1. The Morgan fingerprint density at radius 1 is 1.48 bits per heavy atom. The minimum atomic E-state index is -3.50. The average Bonchev–Trinajstić information content (AvgIpc) is 2.86. The Kier molecular flexibility index (Phi) is 4.96. The molecule has 0 aliphatic carbocycles. The fourth-order valence-corrected chi connectivity index (χ4v) is 3.69. The van der Waals surface area contributed by atoms with Gasteiger partial charge in [0.05, 0.1) is 25.3 Å². The maximum absolute atomic E-state index is 12.4. The van der Waals surface area contributed by atoms with Crippen molar-refractivity contribution in [2.24, 2.45) is 7.05 Å². The number of sulfonamides is 1.